The number of amides is 2. The van der Waals surface area contributed by atoms with Gasteiger partial charge in [0.2, 0.25) is 0 Å². The molecule has 2 aromatic rings. The van der Waals surface area contributed by atoms with Crippen molar-refractivity contribution in [2.75, 3.05) is 19.2 Å². The molecule has 22 heavy (non-hydrogen) atoms. The summed E-state index contributed by atoms with van der Waals surface area (Å²) in [4.78, 5) is 11.8. The van der Waals surface area contributed by atoms with Crippen LogP contribution in [0.1, 0.15) is 5.56 Å². The Kier molecular flexibility index (Phi) is 5.73. The Morgan fingerprint density at radius 1 is 1.18 bits per heavy atom. The lowest BCUT2D eigenvalue weighted by Gasteiger charge is -2.09. The molecule has 5 nitrogen and oxygen atoms in total. The monoisotopic (exact) mass is 304 g/mol. The van der Waals surface area contributed by atoms with Gasteiger partial charge in [0.25, 0.3) is 0 Å². The van der Waals surface area contributed by atoms with Crippen molar-refractivity contribution < 1.29 is 18.7 Å². The molecule has 0 aliphatic rings. The van der Waals surface area contributed by atoms with Crippen LogP contribution in [-0.2, 0) is 11.3 Å². The molecule has 0 saturated heterocycles. The van der Waals surface area contributed by atoms with E-state index in [0.717, 1.165) is 5.56 Å². The molecule has 0 aromatic heterocycles. The van der Waals surface area contributed by atoms with Crippen LogP contribution in [0.2, 0.25) is 0 Å². The van der Waals surface area contributed by atoms with E-state index >= 15 is 0 Å². The minimum absolute atomic E-state index is 0.169. The van der Waals surface area contributed by atoms with Crippen LogP contribution in [-0.4, -0.2) is 19.9 Å². The Morgan fingerprint density at radius 3 is 2.68 bits per heavy atom. The lowest BCUT2D eigenvalue weighted by molar-refractivity contribution is 0.0511. The first-order chi connectivity index (χ1) is 10.7. The average molecular weight is 304 g/mol. The van der Waals surface area contributed by atoms with Gasteiger partial charge in [-0.2, -0.15) is 0 Å². The van der Waals surface area contributed by atoms with E-state index in [0.29, 0.717) is 18.0 Å². The molecule has 2 N–H and O–H groups in total. The molecule has 2 rings (SSSR count). The maximum absolute atomic E-state index is 12.8. The van der Waals surface area contributed by atoms with Crippen LogP contribution < -0.4 is 15.4 Å². The highest BCUT2D eigenvalue weighted by Gasteiger charge is 2.03. The number of halogens is 1. The first kappa shape index (κ1) is 15.8. The molecular weight excluding hydrogens is 287 g/mol. The smallest absolute Gasteiger partial charge is 0.319 e. The fraction of sp³-hybridized carbons (Fsp3) is 0.188. The van der Waals surface area contributed by atoms with Gasteiger partial charge in [-0.1, -0.05) is 12.1 Å². The lowest BCUT2D eigenvalue weighted by atomic mass is 10.2. The molecule has 116 valence electrons. The normalized spacial score (nSPS) is 10.1. The maximum Gasteiger partial charge on any atom is 0.319 e. The number of methoxy groups -OCH3 is 1. The average Bonchev–Trinajstić information content (AvgIpc) is 2.53. The van der Waals surface area contributed by atoms with Crippen molar-refractivity contribution in [1.29, 1.82) is 0 Å². The fourth-order valence-electron chi connectivity index (χ4n) is 1.76. The molecule has 0 aliphatic heterocycles. The molecule has 0 aliphatic carbocycles. The van der Waals surface area contributed by atoms with Gasteiger partial charge in [0.05, 0.1) is 0 Å². The van der Waals surface area contributed by atoms with E-state index in [1.54, 1.807) is 13.2 Å². The van der Waals surface area contributed by atoms with Crippen LogP contribution in [0, 0.1) is 5.82 Å². The summed E-state index contributed by atoms with van der Waals surface area (Å²) in [6, 6.07) is 12.5. The second kappa shape index (κ2) is 7.99. The molecule has 0 saturated carbocycles. The number of nitrogens with one attached hydrogen (secondary N) is 2. The third-order valence-corrected chi connectivity index (χ3v) is 2.80. The van der Waals surface area contributed by atoms with E-state index in [-0.39, 0.29) is 18.6 Å². The Morgan fingerprint density at radius 2 is 1.95 bits per heavy atom. The van der Waals surface area contributed by atoms with E-state index in [1.807, 2.05) is 18.2 Å². The minimum Gasteiger partial charge on any atom is -0.468 e. The zero-order chi connectivity index (χ0) is 15.8. The summed E-state index contributed by atoms with van der Waals surface area (Å²) in [6.45, 7) is 0.513. The molecule has 0 heterocycles. The summed E-state index contributed by atoms with van der Waals surface area (Å²) < 4.78 is 22.9. The largest absolute Gasteiger partial charge is 0.468 e. The second-order valence-electron chi connectivity index (χ2n) is 4.51. The highest BCUT2D eigenvalue weighted by atomic mass is 19.1. The summed E-state index contributed by atoms with van der Waals surface area (Å²) in [5, 5.41) is 5.34. The van der Waals surface area contributed by atoms with E-state index < -0.39 is 0 Å². The number of anilines is 1. The number of hydrogen-bond donors (Lipinski definition) is 2. The summed E-state index contributed by atoms with van der Waals surface area (Å²) in [5.41, 5.74) is 1.42. The van der Waals surface area contributed by atoms with Crippen LogP contribution >= 0.6 is 0 Å². The summed E-state index contributed by atoms with van der Waals surface area (Å²) >= 11 is 0. The van der Waals surface area contributed by atoms with Crippen molar-refractivity contribution in [3.05, 3.63) is 59.9 Å². The first-order valence-electron chi connectivity index (χ1n) is 6.68. The van der Waals surface area contributed by atoms with Crippen LogP contribution in [0.5, 0.6) is 5.75 Å². The number of urea groups is 1. The van der Waals surface area contributed by atoms with Crippen LogP contribution in [0.3, 0.4) is 0 Å². The third kappa shape index (κ3) is 5.06. The van der Waals surface area contributed by atoms with Crippen molar-refractivity contribution in [3.8, 4) is 5.75 Å². The van der Waals surface area contributed by atoms with Crippen molar-refractivity contribution in [3.63, 3.8) is 0 Å². The zero-order valence-electron chi connectivity index (χ0n) is 12.1. The maximum atomic E-state index is 12.8. The number of rotatable bonds is 6. The Bertz CT molecular complexity index is 617. The predicted molar refractivity (Wildman–Crippen MR) is 81.2 cm³/mol. The molecule has 0 atom stereocenters. The SMILES string of the molecule is COCOc1cccc(CNC(=O)Nc2ccc(F)cc2)c1. The van der Waals surface area contributed by atoms with Gasteiger partial charge in [0, 0.05) is 19.3 Å². The van der Waals surface area contributed by atoms with Crippen molar-refractivity contribution >= 4 is 11.7 Å². The fourth-order valence-corrected chi connectivity index (χ4v) is 1.76. The quantitative estimate of drug-likeness (QED) is 0.806. The van der Waals surface area contributed by atoms with Gasteiger partial charge in [0.1, 0.15) is 11.6 Å². The molecule has 0 bridgehead atoms. The number of benzene rings is 2. The molecule has 2 amide bonds. The van der Waals surface area contributed by atoms with Crippen molar-refractivity contribution in [1.82, 2.24) is 5.32 Å². The van der Waals surface area contributed by atoms with E-state index in [1.165, 1.54) is 24.3 Å². The Labute approximate surface area is 128 Å². The van der Waals surface area contributed by atoms with Gasteiger partial charge in [-0.15, -0.1) is 0 Å². The standard InChI is InChI=1S/C16H17FN2O3/c1-21-11-22-15-4-2-3-12(9-15)10-18-16(20)19-14-7-5-13(17)6-8-14/h2-9H,10-11H2,1H3,(H2,18,19,20). The molecule has 0 fully saturated rings. The number of hydrogen-bond acceptors (Lipinski definition) is 3. The van der Waals surface area contributed by atoms with Crippen molar-refractivity contribution in [2.24, 2.45) is 0 Å². The second-order valence-corrected chi connectivity index (χ2v) is 4.51. The topological polar surface area (TPSA) is 59.6 Å². The van der Waals surface area contributed by atoms with Gasteiger partial charge in [0.15, 0.2) is 6.79 Å². The van der Waals surface area contributed by atoms with Gasteiger partial charge in [-0.25, -0.2) is 9.18 Å². The van der Waals surface area contributed by atoms with Gasteiger partial charge in [-0.3, -0.25) is 0 Å². The van der Waals surface area contributed by atoms with E-state index in [2.05, 4.69) is 10.6 Å². The Balaban J connectivity index is 1.84. The summed E-state index contributed by atoms with van der Waals surface area (Å²) in [6.07, 6.45) is 0. The van der Waals surface area contributed by atoms with E-state index in [4.69, 9.17) is 9.47 Å². The van der Waals surface area contributed by atoms with Crippen LogP contribution in [0.25, 0.3) is 0 Å². The lowest BCUT2D eigenvalue weighted by Crippen LogP contribution is -2.28. The van der Waals surface area contributed by atoms with Crippen molar-refractivity contribution in [2.45, 2.75) is 6.54 Å². The van der Waals surface area contributed by atoms with Gasteiger partial charge >= 0.3 is 6.03 Å². The molecular formula is C16H17FN2O3. The zero-order valence-corrected chi connectivity index (χ0v) is 12.1. The van der Waals surface area contributed by atoms with E-state index in [9.17, 15) is 9.18 Å². The predicted octanol–water partition coefficient (Wildman–Crippen LogP) is 3.13. The molecule has 0 unspecified atom stereocenters. The third-order valence-electron chi connectivity index (χ3n) is 2.80. The summed E-state index contributed by atoms with van der Waals surface area (Å²) in [5.74, 6) is 0.318. The molecule has 0 spiro atoms. The first-order valence-corrected chi connectivity index (χ1v) is 6.68. The number of ether oxygens (including phenoxy) is 2. The van der Waals surface area contributed by atoms with Crippen LogP contribution in [0.15, 0.2) is 48.5 Å². The number of carbonyl (C=O) groups is 1. The highest BCUT2D eigenvalue weighted by Crippen LogP contribution is 2.13. The Hall–Kier alpha value is -2.60. The molecule has 6 heteroatoms. The minimum atomic E-state index is -0.366. The number of carbonyl (C=O) groups excluding carboxylic acids is 1. The highest BCUT2D eigenvalue weighted by molar-refractivity contribution is 5.89. The molecule has 2 aromatic carbocycles. The molecule has 0 radical (unpaired) electrons. The van der Waals surface area contributed by atoms with Gasteiger partial charge in [-0.05, 0) is 42.0 Å². The van der Waals surface area contributed by atoms with Gasteiger partial charge < -0.3 is 20.1 Å². The van der Waals surface area contributed by atoms with Crippen LogP contribution in [0.4, 0.5) is 14.9 Å². The summed E-state index contributed by atoms with van der Waals surface area (Å²) in [7, 11) is 1.55.